The molecule has 1 heterocycles. The molecule has 1 aliphatic heterocycles. The van der Waals surface area contributed by atoms with Gasteiger partial charge in [0.2, 0.25) is 0 Å². The van der Waals surface area contributed by atoms with Crippen LogP contribution in [0.1, 0.15) is 27.7 Å². The summed E-state index contributed by atoms with van der Waals surface area (Å²) in [5, 5.41) is 17.6. The minimum Gasteiger partial charge on any atom is -0.368 e. The largest absolute Gasteiger partial charge is 0.368 e. The summed E-state index contributed by atoms with van der Waals surface area (Å²) in [6.45, 7) is 19.6. The van der Waals surface area contributed by atoms with Crippen molar-refractivity contribution in [2.24, 2.45) is 20.5 Å². The molecular weight excluding hydrogens is 624 g/mol. The molecule has 10 nitrogen and oxygen atoms in total. The molecule has 0 aliphatic carbocycles. The van der Waals surface area contributed by atoms with Crippen LogP contribution in [-0.2, 0) is 9.59 Å². The first kappa shape index (κ1) is 35.4. The van der Waals surface area contributed by atoms with Gasteiger partial charge in [-0.3, -0.25) is 9.59 Å². The molecule has 1 saturated heterocycles. The highest BCUT2D eigenvalue weighted by Crippen LogP contribution is 2.28. The van der Waals surface area contributed by atoms with Crippen LogP contribution < -0.4 is 19.6 Å². The highest BCUT2D eigenvalue weighted by atomic mass is 16.2. The molecule has 1 fully saturated rings. The first-order valence-electron chi connectivity index (χ1n) is 16.8. The van der Waals surface area contributed by atoms with Crippen molar-refractivity contribution in [2.75, 3.05) is 58.9 Å². The fraction of sp³-hybridized carbons (Fsp3) is 0.250. The van der Waals surface area contributed by atoms with Crippen molar-refractivity contribution in [3.8, 4) is 0 Å². The van der Waals surface area contributed by atoms with E-state index in [1.165, 1.54) is 0 Å². The molecule has 10 heteroatoms. The Bertz CT molecular complexity index is 1720. The third-order valence-corrected chi connectivity index (χ3v) is 8.45. The van der Waals surface area contributed by atoms with Crippen molar-refractivity contribution >= 4 is 57.3 Å². The Morgan fingerprint density at radius 3 is 1.02 bits per heavy atom. The number of likely N-dealkylation sites (N-methyl/N-ethyl adjacent to an activating group) is 2. The van der Waals surface area contributed by atoms with Gasteiger partial charge in [0.1, 0.15) is 0 Å². The Labute approximate surface area is 294 Å². The number of carbonyl (C=O) groups is 2. The van der Waals surface area contributed by atoms with Gasteiger partial charge < -0.3 is 19.6 Å². The number of amides is 2. The molecule has 0 bridgehead atoms. The average molecular weight is 669 g/mol. The summed E-state index contributed by atoms with van der Waals surface area (Å²) in [6, 6.07) is 31.2. The Morgan fingerprint density at radius 2 is 0.780 bits per heavy atom. The molecule has 2 amide bonds. The van der Waals surface area contributed by atoms with Crippen molar-refractivity contribution in [3.05, 3.63) is 121 Å². The predicted octanol–water partition coefficient (Wildman–Crippen LogP) is 9.70. The highest BCUT2D eigenvalue weighted by Gasteiger charge is 2.18. The van der Waals surface area contributed by atoms with Crippen LogP contribution in [-0.4, -0.2) is 51.1 Å². The molecule has 256 valence electrons. The van der Waals surface area contributed by atoms with Gasteiger partial charge in [-0.2, -0.15) is 20.5 Å². The van der Waals surface area contributed by atoms with Gasteiger partial charge in [-0.25, -0.2) is 0 Å². The maximum absolute atomic E-state index is 12.4. The molecule has 0 aromatic heterocycles. The topological polar surface area (TPSA) is 96.5 Å². The van der Waals surface area contributed by atoms with Crippen molar-refractivity contribution in [1.82, 2.24) is 0 Å². The zero-order valence-electron chi connectivity index (χ0n) is 29.3. The lowest BCUT2D eigenvalue weighted by molar-refractivity contribution is -0.115. The zero-order chi connectivity index (χ0) is 35.6. The van der Waals surface area contributed by atoms with E-state index in [1.54, 1.807) is 23.6 Å². The number of nitrogens with zero attached hydrogens (tertiary/aromatic N) is 8. The number of hydrogen-bond acceptors (Lipinski definition) is 8. The fourth-order valence-corrected chi connectivity index (χ4v) is 5.66. The number of rotatable bonds is 12. The van der Waals surface area contributed by atoms with Gasteiger partial charge in [-0.15, -0.1) is 0 Å². The second-order valence-corrected chi connectivity index (χ2v) is 12.1. The summed E-state index contributed by atoms with van der Waals surface area (Å²) in [6.07, 6.45) is 0. The standard InChI is InChI=1S/C40H44N8O2/c1-7-47(39(49)29(3)4)37-21-13-33(14-22-37)43-41-31-9-17-35(18-10-31)45-25-27-46(28-26-45)36-19-11-32(12-20-36)42-44-34-15-23-38(24-16-34)48(8-2)40(50)30(5)6/h9-24H,3,5,7-8,25-28H2,1-2,4,6H3. The Kier molecular flexibility index (Phi) is 11.7. The van der Waals surface area contributed by atoms with E-state index in [2.05, 4.69) is 67.7 Å². The van der Waals surface area contributed by atoms with E-state index in [0.717, 1.165) is 60.3 Å². The maximum atomic E-state index is 12.4. The van der Waals surface area contributed by atoms with E-state index in [9.17, 15) is 9.59 Å². The number of hydrogen-bond donors (Lipinski definition) is 0. The van der Waals surface area contributed by atoms with E-state index in [-0.39, 0.29) is 11.8 Å². The van der Waals surface area contributed by atoms with Crippen LogP contribution in [0, 0.1) is 0 Å². The van der Waals surface area contributed by atoms with Gasteiger partial charge in [0, 0.05) is 73.2 Å². The molecule has 50 heavy (non-hydrogen) atoms. The third kappa shape index (κ3) is 8.76. The summed E-state index contributed by atoms with van der Waals surface area (Å²) < 4.78 is 0. The highest BCUT2D eigenvalue weighted by molar-refractivity contribution is 6.05. The summed E-state index contributed by atoms with van der Waals surface area (Å²) in [7, 11) is 0. The van der Waals surface area contributed by atoms with Crippen LogP contribution in [0.4, 0.5) is 45.5 Å². The van der Waals surface area contributed by atoms with Crippen LogP contribution in [0.15, 0.2) is 142 Å². The van der Waals surface area contributed by atoms with Crippen molar-refractivity contribution in [3.63, 3.8) is 0 Å². The van der Waals surface area contributed by atoms with Crippen molar-refractivity contribution in [1.29, 1.82) is 0 Å². The smallest absolute Gasteiger partial charge is 0.253 e. The summed E-state index contributed by atoms with van der Waals surface area (Å²) in [4.78, 5) is 32.9. The summed E-state index contributed by atoms with van der Waals surface area (Å²) in [5.41, 5.74) is 7.91. The molecule has 0 saturated carbocycles. The van der Waals surface area contributed by atoms with E-state index in [1.807, 2.05) is 86.6 Å². The van der Waals surface area contributed by atoms with E-state index in [4.69, 9.17) is 0 Å². The average Bonchev–Trinajstić information content (AvgIpc) is 3.15. The molecule has 0 spiro atoms. The van der Waals surface area contributed by atoms with Crippen molar-refractivity contribution in [2.45, 2.75) is 27.7 Å². The number of anilines is 4. The monoisotopic (exact) mass is 668 g/mol. The minimum absolute atomic E-state index is 0.0869. The van der Waals surface area contributed by atoms with Gasteiger partial charge in [-0.05, 0) is 125 Å². The van der Waals surface area contributed by atoms with E-state index >= 15 is 0 Å². The van der Waals surface area contributed by atoms with Gasteiger partial charge >= 0.3 is 0 Å². The van der Waals surface area contributed by atoms with Crippen LogP contribution in [0.5, 0.6) is 0 Å². The quantitative estimate of drug-likeness (QED) is 0.111. The van der Waals surface area contributed by atoms with E-state index < -0.39 is 0 Å². The molecule has 1 aliphatic rings. The molecule has 0 N–H and O–H groups in total. The number of piperazine rings is 1. The SMILES string of the molecule is C=C(C)C(=O)N(CC)c1ccc(N=Nc2ccc(N3CCN(c4ccc(N=Nc5ccc(N(CC)C(=O)C(=C)C)cc5)cc4)CC3)cc2)cc1. The minimum atomic E-state index is -0.0869. The van der Waals surface area contributed by atoms with Gasteiger partial charge in [0.05, 0.1) is 22.7 Å². The number of benzene rings is 4. The van der Waals surface area contributed by atoms with Gasteiger partial charge in [0.15, 0.2) is 0 Å². The predicted molar refractivity (Wildman–Crippen MR) is 204 cm³/mol. The zero-order valence-corrected chi connectivity index (χ0v) is 29.3. The summed E-state index contributed by atoms with van der Waals surface area (Å²) >= 11 is 0. The number of azo groups is 2. The second kappa shape index (κ2) is 16.5. The van der Waals surface area contributed by atoms with Crippen LogP contribution in [0.3, 0.4) is 0 Å². The van der Waals surface area contributed by atoms with E-state index in [0.29, 0.717) is 35.6 Å². The van der Waals surface area contributed by atoms with Crippen LogP contribution in [0.2, 0.25) is 0 Å². The fourth-order valence-electron chi connectivity index (χ4n) is 5.66. The third-order valence-electron chi connectivity index (χ3n) is 8.45. The lowest BCUT2D eigenvalue weighted by atomic mass is 10.2. The Hall–Kier alpha value is -5.90. The Balaban J connectivity index is 1.11. The lowest BCUT2D eigenvalue weighted by Gasteiger charge is -2.37. The molecule has 0 radical (unpaired) electrons. The number of carbonyl (C=O) groups excluding carboxylic acids is 2. The molecule has 4 aromatic rings. The summed E-state index contributed by atoms with van der Waals surface area (Å²) in [5.74, 6) is -0.174. The molecule has 0 atom stereocenters. The maximum Gasteiger partial charge on any atom is 0.253 e. The van der Waals surface area contributed by atoms with Crippen molar-refractivity contribution < 1.29 is 9.59 Å². The van der Waals surface area contributed by atoms with Gasteiger partial charge in [-0.1, -0.05) is 13.2 Å². The van der Waals surface area contributed by atoms with Crippen LogP contribution >= 0.6 is 0 Å². The Morgan fingerprint density at radius 1 is 0.520 bits per heavy atom. The first-order valence-corrected chi connectivity index (χ1v) is 16.8. The molecule has 4 aromatic carbocycles. The van der Waals surface area contributed by atoms with Gasteiger partial charge in [0.25, 0.3) is 11.8 Å². The normalized spacial score (nSPS) is 13.1. The first-order chi connectivity index (χ1) is 24.2. The molecule has 5 rings (SSSR count). The molecular formula is C40H44N8O2. The second-order valence-electron chi connectivity index (χ2n) is 12.1. The van der Waals surface area contributed by atoms with Crippen LogP contribution in [0.25, 0.3) is 0 Å². The molecule has 0 unspecified atom stereocenters. The lowest BCUT2D eigenvalue weighted by Crippen LogP contribution is -2.46.